The number of nitrogens with one attached hydrogen (secondary N) is 1. The molecule has 2 aromatic rings. The van der Waals surface area contributed by atoms with Crippen LogP contribution < -0.4 is 14.2 Å². The highest BCUT2D eigenvalue weighted by Crippen LogP contribution is 2.35. The van der Waals surface area contributed by atoms with Crippen LogP contribution >= 0.6 is 47.2 Å². The van der Waals surface area contributed by atoms with Crippen LogP contribution in [0.4, 0.5) is 0 Å². The monoisotopic (exact) mass is 528 g/mol. The second-order valence-electron chi connectivity index (χ2n) is 6.93. The summed E-state index contributed by atoms with van der Waals surface area (Å²) in [6, 6.07) is 6.80. The van der Waals surface area contributed by atoms with E-state index in [1.54, 1.807) is 14.2 Å². The zero-order valence-electron chi connectivity index (χ0n) is 17.1. The van der Waals surface area contributed by atoms with Crippen LogP contribution in [0.1, 0.15) is 17.5 Å². The molecule has 172 valence electrons. The van der Waals surface area contributed by atoms with Crippen LogP contribution in [0, 0.1) is 0 Å². The maximum atomic E-state index is 12.5. The molecule has 0 saturated heterocycles. The van der Waals surface area contributed by atoms with Crippen molar-refractivity contribution in [3.63, 3.8) is 0 Å². The SMILES string of the molecule is COc1cc2c(cc1OC)CN(CCCNS(=O)(=O)c1ccc(Cl)c(Cl)c1Cl)CC2.Cl. The van der Waals surface area contributed by atoms with E-state index < -0.39 is 10.0 Å². The first kappa shape index (κ1) is 26.3. The number of halogens is 4. The lowest BCUT2D eigenvalue weighted by atomic mass is 9.98. The molecule has 1 heterocycles. The normalized spacial score (nSPS) is 14.0. The molecule has 0 atom stereocenters. The first-order valence-electron chi connectivity index (χ1n) is 9.36. The standard InChI is InChI=1S/C20H23Cl3N2O4S.ClH/c1-28-16-10-13-6-9-25(12-14(13)11-17(16)29-2)8-3-7-24-30(26,27)18-5-4-15(21)19(22)20(18)23;/h4-5,10-11,24H,3,6-9,12H2,1-2H3;1H. The Bertz CT molecular complexity index is 1030. The minimum absolute atomic E-state index is 0. The first-order chi connectivity index (χ1) is 14.3. The quantitative estimate of drug-likeness (QED) is 0.392. The van der Waals surface area contributed by atoms with E-state index >= 15 is 0 Å². The van der Waals surface area contributed by atoms with E-state index in [0.29, 0.717) is 12.2 Å². The van der Waals surface area contributed by atoms with Crippen molar-refractivity contribution in [3.8, 4) is 11.5 Å². The molecule has 0 radical (unpaired) electrons. The van der Waals surface area contributed by atoms with Gasteiger partial charge in [-0.15, -0.1) is 12.4 Å². The van der Waals surface area contributed by atoms with Gasteiger partial charge in [0, 0.05) is 19.6 Å². The lowest BCUT2D eigenvalue weighted by molar-refractivity contribution is 0.250. The Morgan fingerprint density at radius 1 is 1.03 bits per heavy atom. The average Bonchev–Trinajstić information content (AvgIpc) is 2.73. The molecule has 6 nitrogen and oxygen atoms in total. The van der Waals surface area contributed by atoms with E-state index in [2.05, 4.69) is 9.62 Å². The van der Waals surface area contributed by atoms with Crippen molar-refractivity contribution < 1.29 is 17.9 Å². The fourth-order valence-electron chi connectivity index (χ4n) is 3.44. The maximum Gasteiger partial charge on any atom is 0.242 e. The van der Waals surface area contributed by atoms with Gasteiger partial charge in [0.1, 0.15) is 4.90 Å². The third-order valence-electron chi connectivity index (χ3n) is 5.03. The van der Waals surface area contributed by atoms with Crippen molar-refractivity contribution in [3.05, 3.63) is 50.5 Å². The lowest BCUT2D eigenvalue weighted by Gasteiger charge is -2.29. The molecule has 0 spiro atoms. The third-order valence-corrected chi connectivity index (χ3v) is 7.94. The molecule has 1 aliphatic heterocycles. The number of hydrogen-bond acceptors (Lipinski definition) is 5. The van der Waals surface area contributed by atoms with E-state index in [1.165, 1.54) is 23.3 Å². The summed E-state index contributed by atoms with van der Waals surface area (Å²) in [4.78, 5) is 2.21. The molecule has 0 bridgehead atoms. The summed E-state index contributed by atoms with van der Waals surface area (Å²) in [5, 5.41) is 0.161. The molecule has 0 aromatic heterocycles. The number of hydrogen-bond donors (Lipinski definition) is 1. The third kappa shape index (κ3) is 6.11. The molecule has 1 N–H and O–H groups in total. The predicted octanol–water partition coefficient (Wildman–Crippen LogP) is 4.81. The number of benzene rings is 2. The van der Waals surface area contributed by atoms with Crippen LogP contribution in [0.3, 0.4) is 0 Å². The molecule has 11 heteroatoms. The summed E-state index contributed by atoms with van der Waals surface area (Å²) in [5.41, 5.74) is 2.45. The number of nitrogens with zero attached hydrogens (tertiary/aromatic N) is 1. The summed E-state index contributed by atoms with van der Waals surface area (Å²) in [6.45, 7) is 2.72. The van der Waals surface area contributed by atoms with Gasteiger partial charge in [-0.05, 0) is 54.8 Å². The van der Waals surface area contributed by atoms with Crippen LogP contribution in [0.15, 0.2) is 29.2 Å². The Hall–Kier alpha value is -0.930. The van der Waals surface area contributed by atoms with Gasteiger partial charge in [0.05, 0.1) is 29.3 Å². The van der Waals surface area contributed by atoms with Gasteiger partial charge >= 0.3 is 0 Å². The van der Waals surface area contributed by atoms with E-state index in [9.17, 15) is 8.42 Å². The number of sulfonamides is 1. The Labute approximate surface area is 204 Å². The summed E-state index contributed by atoms with van der Waals surface area (Å²) in [7, 11) is -0.520. The largest absolute Gasteiger partial charge is 0.493 e. The van der Waals surface area contributed by atoms with E-state index in [4.69, 9.17) is 44.3 Å². The van der Waals surface area contributed by atoms with Gasteiger partial charge in [-0.25, -0.2) is 13.1 Å². The minimum atomic E-state index is -3.77. The highest BCUT2D eigenvalue weighted by molar-refractivity contribution is 7.89. The van der Waals surface area contributed by atoms with Gasteiger partial charge < -0.3 is 9.47 Å². The van der Waals surface area contributed by atoms with Crippen molar-refractivity contribution in [1.29, 1.82) is 0 Å². The first-order valence-corrected chi connectivity index (χ1v) is 12.0. The summed E-state index contributed by atoms with van der Waals surface area (Å²) >= 11 is 17.9. The Kier molecular flexibility index (Phi) is 9.57. The molecule has 0 unspecified atom stereocenters. The Morgan fingerprint density at radius 3 is 2.32 bits per heavy atom. The fourth-order valence-corrected chi connectivity index (χ4v) is 5.49. The zero-order valence-corrected chi connectivity index (χ0v) is 21.0. The Balaban J connectivity index is 0.00000341. The number of ether oxygens (including phenoxy) is 2. The van der Waals surface area contributed by atoms with Crippen molar-refractivity contribution in [1.82, 2.24) is 9.62 Å². The second kappa shape index (κ2) is 11.3. The summed E-state index contributed by atoms with van der Waals surface area (Å²) in [6.07, 6.45) is 1.56. The Morgan fingerprint density at radius 2 is 1.68 bits per heavy atom. The molecule has 0 amide bonds. The molecular weight excluding hydrogens is 506 g/mol. The van der Waals surface area contributed by atoms with Crippen molar-refractivity contribution in [2.24, 2.45) is 0 Å². The minimum Gasteiger partial charge on any atom is -0.493 e. The summed E-state index contributed by atoms with van der Waals surface area (Å²) < 4.78 is 38.4. The molecule has 2 aromatic carbocycles. The second-order valence-corrected chi connectivity index (χ2v) is 9.83. The average molecular weight is 530 g/mol. The van der Waals surface area contributed by atoms with Crippen molar-refractivity contribution >= 4 is 57.2 Å². The van der Waals surface area contributed by atoms with Crippen molar-refractivity contribution in [2.75, 3.05) is 33.9 Å². The maximum absolute atomic E-state index is 12.5. The van der Waals surface area contributed by atoms with Crippen LogP contribution in [-0.4, -0.2) is 47.2 Å². The highest BCUT2D eigenvalue weighted by atomic mass is 35.5. The smallest absolute Gasteiger partial charge is 0.242 e. The fraction of sp³-hybridized carbons (Fsp3) is 0.400. The van der Waals surface area contributed by atoms with Gasteiger partial charge in [0.15, 0.2) is 11.5 Å². The molecule has 0 fully saturated rings. The summed E-state index contributed by atoms with van der Waals surface area (Å²) in [5.74, 6) is 1.45. The van der Waals surface area contributed by atoms with E-state index in [0.717, 1.165) is 31.8 Å². The van der Waals surface area contributed by atoms with Crippen LogP contribution in [0.2, 0.25) is 15.1 Å². The molecule has 0 aliphatic carbocycles. The molecular formula is C20H24Cl4N2O4S. The van der Waals surface area contributed by atoms with Crippen molar-refractivity contribution in [2.45, 2.75) is 24.3 Å². The highest BCUT2D eigenvalue weighted by Gasteiger charge is 2.22. The number of rotatable bonds is 8. The molecule has 0 saturated carbocycles. The lowest BCUT2D eigenvalue weighted by Crippen LogP contribution is -2.34. The van der Waals surface area contributed by atoms with Crippen LogP contribution in [0.25, 0.3) is 0 Å². The van der Waals surface area contributed by atoms with Gasteiger partial charge in [0.2, 0.25) is 10.0 Å². The number of fused-ring (bicyclic) bond motifs is 1. The van der Waals surface area contributed by atoms with Gasteiger partial charge in [-0.1, -0.05) is 34.8 Å². The van der Waals surface area contributed by atoms with Gasteiger partial charge in [-0.3, -0.25) is 4.90 Å². The zero-order chi connectivity index (χ0) is 21.9. The molecule has 3 rings (SSSR count). The van der Waals surface area contributed by atoms with E-state index in [1.807, 2.05) is 12.1 Å². The molecule has 1 aliphatic rings. The van der Waals surface area contributed by atoms with Gasteiger partial charge in [-0.2, -0.15) is 0 Å². The van der Waals surface area contributed by atoms with Crippen LogP contribution in [-0.2, 0) is 23.0 Å². The van der Waals surface area contributed by atoms with Gasteiger partial charge in [0.25, 0.3) is 0 Å². The van der Waals surface area contributed by atoms with E-state index in [-0.39, 0.29) is 38.9 Å². The molecule has 31 heavy (non-hydrogen) atoms. The topological polar surface area (TPSA) is 67.9 Å². The van der Waals surface area contributed by atoms with Crippen LogP contribution in [0.5, 0.6) is 11.5 Å². The number of methoxy groups -OCH3 is 2. The predicted molar refractivity (Wildman–Crippen MR) is 127 cm³/mol.